The zero-order valence-electron chi connectivity index (χ0n) is 11.3. The molecule has 4 nitrogen and oxygen atoms in total. The van der Waals surface area contributed by atoms with Gasteiger partial charge in [0.25, 0.3) is 0 Å². The molecule has 2 heterocycles. The molecule has 2 rings (SSSR count). The van der Waals surface area contributed by atoms with Gasteiger partial charge < -0.3 is 10.2 Å². The van der Waals surface area contributed by atoms with E-state index in [4.69, 9.17) is 0 Å². The van der Waals surface area contributed by atoms with E-state index >= 15 is 0 Å². The minimum absolute atomic E-state index is 0.0304. The van der Waals surface area contributed by atoms with Gasteiger partial charge in [-0.1, -0.05) is 6.92 Å². The summed E-state index contributed by atoms with van der Waals surface area (Å²) in [6.07, 6.45) is 1.73. The fourth-order valence-corrected chi connectivity index (χ4v) is 3.13. The van der Waals surface area contributed by atoms with E-state index in [1.807, 2.05) is 6.92 Å². The third kappa shape index (κ3) is 2.63. The molecule has 0 aliphatic carbocycles. The van der Waals surface area contributed by atoms with Crippen LogP contribution in [0.3, 0.4) is 0 Å². The first kappa shape index (κ1) is 12.8. The Hall–Kier alpha value is -0.610. The Balaban J connectivity index is 2.01. The lowest BCUT2D eigenvalue weighted by molar-refractivity contribution is -0.134. The Morgan fingerprint density at radius 1 is 1.35 bits per heavy atom. The Bertz CT molecular complexity index is 284. The van der Waals surface area contributed by atoms with Crippen LogP contribution in [0, 0.1) is 0 Å². The molecular weight excluding hydrogens is 214 g/mol. The number of nitrogens with zero attached hydrogens (tertiary/aromatic N) is 2. The summed E-state index contributed by atoms with van der Waals surface area (Å²) in [6.45, 7) is 11.7. The van der Waals surface area contributed by atoms with Crippen LogP contribution in [0.5, 0.6) is 0 Å². The molecular formula is C13H25N3O. The number of amides is 1. The van der Waals surface area contributed by atoms with Gasteiger partial charge in [0, 0.05) is 50.7 Å². The highest BCUT2D eigenvalue weighted by molar-refractivity contribution is 5.77. The Kier molecular flexibility index (Phi) is 3.73. The van der Waals surface area contributed by atoms with E-state index in [0.29, 0.717) is 18.4 Å². The molecule has 0 aromatic carbocycles. The zero-order valence-corrected chi connectivity index (χ0v) is 11.3. The van der Waals surface area contributed by atoms with Crippen LogP contribution in [0.1, 0.15) is 33.6 Å². The van der Waals surface area contributed by atoms with Crippen LogP contribution in [-0.2, 0) is 4.79 Å². The summed E-state index contributed by atoms with van der Waals surface area (Å²) in [5.41, 5.74) is 0.0304. The molecule has 98 valence electrons. The van der Waals surface area contributed by atoms with Gasteiger partial charge in [-0.15, -0.1) is 0 Å². The van der Waals surface area contributed by atoms with E-state index < -0.39 is 0 Å². The maximum absolute atomic E-state index is 12.0. The second-order valence-electron chi connectivity index (χ2n) is 5.81. The minimum Gasteiger partial charge on any atom is -0.336 e. The summed E-state index contributed by atoms with van der Waals surface area (Å²) in [7, 11) is 0. The fraction of sp³-hybridized carbons (Fsp3) is 0.923. The van der Waals surface area contributed by atoms with Crippen molar-refractivity contribution in [1.29, 1.82) is 0 Å². The Morgan fingerprint density at radius 3 is 2.59 bits per heavy atom. The third-order valence-electron chi connectivity index (χ3n) is 4.13. The largest absolute Gasteiger partial charge is 0.336 e. The molecule has 2 aliphatic rings. The van der Waals surface area contributed by atoms with E-state index in [-0.39, 0.29) is 5.54 Å². The lowest BCUT2D eigenvalue weighted by Gasteiger charge is -2.32. The molecule has 0 spiro atoms. The third-order valence-corrected chi connectivity index (χ3v) is 4.13. The van der Waals surface area contributed by atoms with Crippen molar-refractivity contribution in [2.45, 2.75) is 45.2 Å². The molecule has 1 unspecified atom stereocenters. The lowest BCUT2D eigenvalue weighted by Crippen LogP contribution is -2.49. The van der Waals surface area contributed by atoms with Crippen LogP contribution in [0.2, 0.25) is 0 Å². The van der Waals surface area contributed by atoms with Crippen molar-refractivity contribution >= 4 is 5.91 Å². The number of carbonyl (C=O) groups is 1. The highest BCUT2D eigenvalue weighted by Crippen LogP contribution is 2.32. The number of rotatable bonds is 2. The van der Waals surface area contributed by atoms with E-state index in [1.54, 1.807) is 0 Å². The summed E-state index contributed by atoms with van der Waals surface area (Å²) in [5.74, 6) is 0.299. The second kappa shape index (κ2) is 4.94. The molecule has 1 atom stereocenters. The van der Waals surface area contributed by atoms with Gasteiger partial charge in [0.2, 0.25) is 5.91 Å². The minimum atomic E-state index is 0.0304. The number of piperazine rings is 1. The average molecular weight is 239 g/mol. The number of nitrogens with one attached hydrogen (secondary N) is 1. The molecule has 1 N–H and O–H groups in total. The van der Waals surface area contributed by atoms with Crippen molar-refractivity contribution in [2.75, 3.05) is 32.7 Å². The predicted octanol–water partition coefficient (Wildman–Crippen LogP) is 0.681. The van der Waals surface area contributed by atoms with Gasteiger partial charge in [-0.25, -0.2) is 0 Å². The Labute approximate surface area is 104 Å². The van der Waals surface area contributed by atoms with Gasteiger partial charge in [-0.3, -0.25) is 9.69 Å². The fourth-order valence-electron chi connectivity index (χ4n) is 3.13. The van der Waals surface area contributed by atoms with Crippen molar-refractivity contribution in [2.24, 2.45) is 0 Å². The molecule has 0 aromatic heterocycles. The van der Waals surface area contributed by atoms with E-state index in [1.165, 1.54) is 0 Å². The Morgan fingerprint density at radius 2 is 2.00 bits per heavy atom. The maximum atomic E-state index is 12.0. The summed E-state index contributed by atoms with van der Waals surface area (Å²) >= 11 is 0. The monoisotopic (exact) mass is 239 g/mol. The van der Waals surface area contributed by atoms with Crippen molar-refractivity contribution < 1.29 is 4.79 Å². The van der Waals surface area contributed by atoms with Crippen molar-refractivity contribution in [3.63, 3.8) is 0 Å². The highest BCUT2D eigenvalue weighted by Gasteiger charge is 2.42. The van der Waals surface area contributed by atoms with Crippen LogP contribution in [0.25, 0.3) is 0 Å². The molecule has 2 fully saturated rings. The first-order valence-corrected chi connectivity index (χ1v) is 6.80. The van der Waals surface area contributed by atoms with Crippen LogP contribution in [0.4, 0.5) is 0 Å². The number of hydrogen-bond acceptors (Lipinski definition) is 3. The smallest absolute Gasteiger partial charge is 0.222 e. The normalized spacial score (nSPS) is 29.6. The predicted molar refractivity (Wildman–Crippen MR) is 68.9 cm³/mol. The molecule has 17 heavy (non-hydrogen) atoms. The molecule has 0 bridgehead atoms. The SMILES string of the molecule is CCC(=O)N1CC(N2CCNCC2)CC1(C)C. The van der Waals surface area contributed by atoms with E-state index in [9.17, 15) is 4.79 Å². The standard InChI is InChI=1S/C13H25N3O/c1-4-12(17)16-10-11(9-13(16,2)3)15-7-5-14-6-8-15/h11,14H,4-10H2,1-3H3. The molecule has 4 heteroatoms. The van der Waals surface area contributed by atoms with Crippen molar-refractivity contribution in [3.05, 3.63) is 0 Å². The number of carbonyl (C=O) groups excluding carboxylic acids is 1. The molecule has 0 aromatic rings. The van der Waals surface area contributed by atoms with Gasteiger partial charge in [-0.05, 0) is 20.3 Å². The first-order chi connectivity index (χ1) is 8.04. The van der Waals surface area contributed by atoms with Gasteiger partial charge >= 0.3 is 0 Å². The van der Waals surface area contributed by atoms with Crippen molar-refractivity contribution in [1.82, 2.24) is 15.1 Å². The van der Waals surface area contributed by atoms with Crippen LogP contribution in [0.15, 0.2) is 0 Å². The molecule has 0 radical (unpaired) electrons. The summed E-state index contributed by atoms with van der Waals surface area (Å²) in [6, 6.07) is 0.558. The van der Waals surface area contributed by atoms with E-state index in [0.717, 1.165) is 39.1 Å². The van der Waals surface area contributed by atoms with Gasteiger partial charge in [0.15, 0.2) is 0 Å². The highest BCUT2D eigenvalue weighted by atomic mass is 16.2. The molecule has 2 aliphatic heterocycles. The summed E-state index contributed by atoms with van der Waals surface area (Å²) in [5, 5.41) is 3.38. The average Bonchev–Trinajstić information content (AvgIpc) is 2.65. The van der Waals surface area contributed by atoms with Crippen molar-refractivity contribution in [3.8, 4) is 0 Å². The van der Waals surface area contributed by atoms with Gasteiger partial charge in [-0.2, -0.15) is 0 Å². The number of likely N-dealkylation sites (tertiary alicyclic amines) is 1. The molecule has 0 saturated carbocycles. The first-order valence-electron chi connectivity index (χ1n) is 6.80. The summed E-state index contributed by atoms with van der Waals surface area (Å²) in [4.78, 5) is 16.6. The zero-order chi connectivity index (χ0) is 12.5. The molecule has 2 saturated heterocycles. The number of hydrogen-bond donors (Lipinski definition) is 1. The topological polar surface area (TPSA) is 35.6 Å². The maximum Gasteiger partial charge on any atom is 0.222 e. The molecule has 1 amide bonds. The summed E-state index contributed by atoms with van der Waals surface area (Å²) < 4.78 is 0. The lowest BCUT2D eigenvalue weighted by atomic mass is 9.99. The van der Waals surface area contributed by atoms with Gasteiger partial charge in [0.05, 0.1) is 0 Å². The van der Waals surface area contributed by atoms with E-state index in [2.05, 4.69) is 29.0 Å². The van der Waals surface area contributed by atoms with Gasteiger partial charge in [0.1, 0.15) is 0 Å². The van der Waals surface area contributed by atoms with Crippen LogP contribution >= 0.6 is 0 Å². The second-order valence-corrected chi connectivity index (χ2v) is 5.81. The van der Waals surface area contributed by atoms with Crippen LogP contribution in [-0.4, -0.2) is 60.0 Å². The quantitative estimate of drug-likeness (QED) is 0.770. The van der Waals surface area contributed by atoms with Crippen LogP contribution < -0.4 is 5.32 Å².